The molecule has 1 heteroatoms. The van der Waals surface area contributed by atoms with Crippen molar-refractivity contribution in [2.75, 3.05) is 0 Å². The molecule has 0 spiro atoms. The van der Waals surface area contributed by atoms with Crippen LogP contribution in [-0.4, -0.2) is 6.71 Å². The fourth-order valence-corrected chi connectivity index (χ4v) is 2.46. The molecule has 0 aromatic heterocycles. The second kappa shape index (κ2) is 12.9. The van der Waals surface area contributed by atoms with Gasteiger partial charge in [-0.1, -0.05) is 77.1 Å². The fourth-order valence-electron chi connectivity index (χ4n) is 2.46. The highest BCUT2D eigenvalue weighted by atomic mass is 13.9. The summed E-state index contributed by atoms with van der Waals surface area (Å²) in [6.07, 6.45) is 18.6. The maximum absolute atomic E-state index is 2.32. The van der Waals surface area contributed by atoms with E-state index in [9.17, 15) is 0 Å². The van der Waals surface area contributed by atoms with Gasteiger partial charge in [0.05, 0.1) is 0 Å². The van der Waals surface area contributed by atoms with Crippen LogP contribution >= 0.6 is 0 Å². The van der Waals surface area contributed by atoms with Crippen molar-refractivity contribution in [2.45, 2.75) is 84.7 Å². The molecule has 0 atom stereocenters. The maximum atomic E-state index is 2.32. The molecule has 0 heterocycles. The van der Waals surface area contributed by atoms with Crippen LogP contribution in [0, 0.1) is 0 Å². The highest BCUT2D eigenvalue weighted by Crippen LogP contribution is 2.15. The molecular weight excluding hydrogens is 191 g/mol. The summed E-state index contributed by atoms with van der Waals surface area (Å²) in [7, 11) is 0. The minimum Gasteiger partial charge on any atom is -0.0917 e. The highest BCUT2D eigenvalue weighted by molar-refractivity contribution is 6.58. The second-order valence-corrected chi connectivity index (χ2v) is 5.00. The highest BCUT2D eigenvalue weighted by Gasteiger charge is 2.10. The van der Waals surface area contributed by atoms with Crippen molar-refractivity contribution in [2.24, 2.45) is 0 Å². The van der Waals surface area contributed by atoms with Crippen LogP contribution in [0.15, 0.2) is 12.2 Å². The van der Waals surface area contributed by atoms with E-state index in [1.54, 1.807) is 0 Å². The standard InChI is InChI=1S/C15H31B/c1-4-7-8-9-10-11-12-15-16(13-5-2)14-6-3/h4,7H,5-6,8-15H2,1-3H3/b7-4+. The average Bonchev–Trinajstić information content (AvgIpc) is 2.28. The van der Waals surface area contributed by atoms with Gasteiger partial charge in [0, 0.05) is 0 Å². The van der Waals surface area contributed by atoms with Crippen molar-refractivity contribution >= 4 is 6.71 Å². The maximum Gasteiger partial charge on any atom is 0.139 e. The molecule has 16 heavy (non-hydrogen) atoms. The summed E-state index contributed by atoms with van der Waals surface area (Å²) in [5.74, 6) is 0. The van der Waals surface area contributed by atoms with Crippen molar-refractivity contribution in [1.82, 2.24) is 0 Å². The van der Waals surface area contributed by atoms with E-state index >= 15 is 0 Å². The molecule has 0 N–H and O–H groups in total. The van der Waals surface area contributed by atoms with Gasteiger partial charge in [-0.3, -0.25) is 0 Å². The van der Waals surface area contributed by atoms with Gasteiger partial charge in [-0.2, -0.15) is 0 Å². The van der Waals surface area contributed by atoms with Crippen LogP contribution in [0.2, 0.25) is 19.0 Å². The van der Waals surface area contributed by atoms with Crippen molar-refractivity contribution in [3.63, 3.8) is 0 Å². The molecular formula is C15H31B. The molecule has 0 rings (SSSR count). The largest absolute Gasteiger partial charge is 0.139 e. The Labute approximate surface area is 104 Å². The SMILES string of the molecule is C/C=C/CCCCCCB(CCC)CCC. The summed E-state index contributed by atoms with van der Waals surface area (Å²) >= 11 is 0. The molecule has 0 saturated heterocycles. The van der Waals surface area contributed by atoms with Crippen molar-refractivity contribution in [3.8, 4) is 0 Å². The van der Waals surface area contributed by atoms with Gasteiger partial charge in [0.1, 0.15) is 6.71 Å². The Hall–Kier alpha value is -0.195. The van der Waals surface area contributed by atoms with Gasteiger partial charge in [-0.15, -0.1) is 0 Å². The normalized spacial score (nSPS) is 11.2. The molecule has 94 valence electrons. The Morgan fingerprint density at radius 3 is 2.00 bits per heavy atom. The summed E-state index contributed by atoms with van der Waals surface area (Å²) in [5, 5.41) is 0. The lowest BCUT2D eigenvalue weighted by molar-refractivity contribution is 0.670. The predicted octanol–water partition coefficient (Wildman–Crippen LogP) is 5.83. The van der Waals surface area contributed by atoms with Gasteiger partial charge in [-0.25, -0.2) is 0 Å². The summed E-state index contributed by atoms with van der Waals surface area (Å²) in [6.45, 7) is 7.77. The number of unbranched alkanes of at least 4 members (excludes halogenated alkanes) is 4. The van der Waals surface area contributed by atoms with E-state index in [0.29, 0.717) is 0 Å². The molecule has 0 nitrogen and oxygen atoms in total. The first-order valence-corrected chi connectivity index (χ1v) is 7.46. The zero-order valence-corrected chi connectivity index (χ0v) is 11.8. The van der Waals surface area contributed by atoms with E-state index in [1.807, 2.05) is 0 Å². The second-order valence-electron chi connectivity index (χ2n) is 5.00. The molecule has 0 aliphatic carbocycles. The van der Waals surface area contributed by atoms with Crippen LogP contribution in [-0.2, 0) is 0 Å². The third kappa shape index (κ3) is 10.3. The van der Waals surface area contributed by atoms with Crippen LogP contribution in [0.4, 0.5) is 0 Å². The molecule has 0 aliphatic heterocycles. The van der Waals surface area contributed by atoms with Crippen molar-refractivity contribution < 1.29 is 0 Å². The molecule has 0 saturated carbocycles. The van der Waals surface area contributed by atoms with Crippen molar-refractivity contribution in [3.05, 3.63) is 12.2 Å². The molecule has 0 amide bonds. The lowest BCUT2D eigenvalue weighted by atomic mass is 9.41. The molecule has 0 bridgehead atoms. The zero-order chi connectivity index (χ0) is 12.1. The molecule has 0 aromatic carbocycles. The Morgan fingerprint density at radius 2 is 1.44 bits per heavy atom. The number of hydrogen-bond donors (Lipinski definition) is 0. The minimum absolute atomic E-state index is 1.02. The van der Waals surface area contributed by atoms with E-state index < -0.39 is 0 Å². The number of hydrogen-bond acceptors (Lipinski definition) is 0. The Morgan fingerprint density at radius 1 is 0.812 bits per heavy atom. The summed E-state index contributed by atoms with van der Waals surface area (Å²) < 4.78 is 0. The van der Waals surface area contributed by atoms with Gasteiger partial charge in [0.25, 0.3) is 0 Å². The topological polar surface area (TPSA) is 0 Å². The Kier molecular flexibility index (Phi) is 12.7. The molecule has 0 radical (unpaired) electrons. The minimum atomic E-state index is 1.02. The van der Waals surface area contributed by atoms with Gasteiger partial charge < -0.3 is 0 Å². The average molecular weight is 222 g/mol. The predicted molar refractivity (Wildman–Crippen MR) is 78.7 cm³/mol. The van der Waals surface area contributed by atoms with Crippen LogP contribution in [0.25, 0.3) is 0 Å². The van der Waals surface area contributed by atoms with E-state index in [4.69, 9.17) is 0 Å². The van der Waals surface area contributed by atoms with Gasteiger partial charge in [0.2, 0.25) is 0 Å². The summed E-state index contributed by atoms with van der Waals surface area (Å²) in [5.41, 5.74) is 0. The lowest BCUT2D eigenvalue weighted by Gasteiger charge is -2.10. The van der Waals surface area contributed by atoms with Crippen LogP contribution in [0.5, 0.6) is 0 Å². The molecule has 0 aliphatic rings. The van der Waals surface area contributed by atoms with Gasteiger partial charge >= 0.3 is 0 Å². The van der Waals surface area contributed by atoms with Crippen LogP contribution < -0.4 is 0 Å². The van der Waals surface area contributed by atoms with E-state index in [-0.39, 0.29) is 0 Å². The fraction of sp³-hybridized carbons (Fsp3) is 0.867. The Bertz CT molecular complexity index is 146. The van der Waals surface area contributed by atoms with E-state index in [1.165, 1.54) is 63.9 Å². The quantitative estimate of drug-likeness (QED) is 0.234. The first-order valence-electron chi connectivity index (χ1n) is 7.46. The number of allylic oxidation sites excluding steroid dienone is 2. The van der Waals surface area contributed by atoms with E-state index in [2.05, 4.69) is 32.9 Å². The van der Waals surface area contributed by atoms with Gasteiger partial charge in [-0.05, 0) is 19.8 Å². The van der Waals surface area contributed by atoms with Crippen molar-refractivity contribution in [1.29, 1.82) is 0 Å². The zero-order valence-electron chi connectivity index (χ0n) is 11.8. The van der Waals surface area contributed by atoms with Crippen LogP contribution in [0.1, 0.15) is 65.7 Å². The van der Waals surface area contributed by atoms with Gasteiger partial charge in [0.15, 0.2) is 0 Å². The first-order chi connectivity index (χ1) is 7.85. The monoisotopic (exact) mass is 222 g/mol. The third-order valence-electron chi connectivity index (χ3n) is 3.36. The lowest BCUT2D eigenvalue weighted by Crippen LogP contribution is -2.10. The van der Waals surface area contributed by atoms with E-state index in [0.717, 1.165) is 6.71 Å². The van der Waals surface area contributed by atoms with Crippen LogP contribution in [0.3, 0.4) is 0 Å². The third-order valence-corrected chi connectivity index (χ3v) is 3.36. The molecule has 0 unspecified atom stereocenters. The summed E-state index contributed by atoms with van der Waals surface area (Å²) in [6, 6.07) is 0. The molecule has 0 aromatic rings. The first kappa shape index (κ1) is 15.8. The smallest absolute Gasteiger partial charge is 0.0917 e. The number of rotatable bonds is 11. The summed E-state index contributed by atoms with van der Waals surface area (Å²) in [4.78, 5) is 0. The molecule has 0 fully saturated rings. The Balaban J connectivity index is 3.32.